The molecule has 0 bridgehead atoms. The van der Waals surface area contributed by atoms with Crippen molar-refractivity contribution < 1.29 is 4.79 Å². The molecule has 12 heavy (non-hydrogen) atoms. The van der Waals surface area contributed by atoms with Crippen LogP contribution < -0.4 is 5.32 Å². The normalized spacial score (nSPS) is 27.0. The van der Waals surface area contributed by atoms with Crippen LogP contribution in [0.5, 0.6) is 0 Å². The fraction of sp³-hybridized carbons (Fsp3) is 0.889. The number of carbonyl (C=O) groups is 1. The minimum absolute atomic E-state index is 0.0347. The molecule has 70 valence electrons. The molecule has 0 aromatic carbocycles. The van der Waals surface area contributed by atoms with Gasteiger partial charge >= 0.3 is 0 Å². The molecule has 1 atom stereocenters. The molecular formula is C9H18N2O. The maximum absolute atomic E-state index is 11.4. The fourth-order valence-corrected chi connectivity index (χ4v) is 1.67. The Morgan fingerprint density at radius 3 is 2.83 bits per heavy atom. The lowest BCUT2D eigenvalue weighted by molar-refractivity contribution is -0.125. The quantitative estimate of drug-likeness (QED) is 0.625. The average Bonchev–Trinajstić information content (AvgIpc) is 2.15. The Kier molecular flexibility index (Phi) is 3.09. The van der Waals surface area contributed by atoms with Crippen molar-refractivity contribution in [3.05, 3.63) is 0 Å². The monoisotopic (exact) mass is 170 g/mol. The molecule has 0 aliphatic carbocycles. The van der Waals surface area contributed by atoms with E-state index >= 15 is 0 Å². The zero-order valence-corrected chi connectivity index (χ0v) is 8.13. The first-order valence-electron chi connectivity index (χ1n) is 4.66. The summed E-state index contributed by atoms with van der Waals surface area (Å²) in [6.45, 7) is 8.09. The first-order chi connectivity index (χ1) is 5.63. The van der Waals surface area contributed by atoms with E-state index in [0.29, 0.717) is 6.04 Å². The van der Waals surface area contributed by atoms with Crippen LogP contribution in [-0.2, 0) is 4.79 Å². The van der Waals surface area contributed by atoms with Crippen molar-refractivity contribution in [1.29, 1.82) is 0 Å². The molecule has 1 aliphatic heterocycles. The van der Waals surface area contributed by atoms with Crippen LogP contribution in [0.2, 0.25) is 0 Å². The summed E-state index contributed by atoms with van der Waals surface area (Å²) in [4.78, 5) is 13.6. The third kappa shape index (κ3) is 1.97. The van der Waals surface area contributed by atoms with Gasteiger partial charge in [-0.15, -0.1) is 0 Å². The molecule has 3 nitrogen and oxygen atoms in total. The Bertz CT molecular complexity index is 168. The zero-order chi connectivity index (χ0) is 9.14. The van der Waals surface area contributed by atoms with Gasteiger partial charge in [0.25, 0.3) is 0 Å². The van der Waals surface area contributed by atoms with E-state index in [0.717, 1.165) is 19.5 Å². The summed E-state index contributed by atoms with van der Waals surface area (Å²) in [6.07, 6.45) is 1.06. The summed E-state index contributed by atoms with van der Waals surface area (Å²) in [5, 5.41) is 2.90. The van der Waals surface area contributed by atoms with Crippen LogP contribution in [0.1, 0.15) is 27.2 Å². The number of carbonyl (C=O) groups excluding carboxylic acids is 1. The minimum atomic E-state index is 0.0347. The molecule has 1 N–H and O–H groups in total. The van der Waals surface area contributed by atoms with Gasteiger partial charge in [0.15, 0.2) is 0 Å². The maximum atomic E-state index is 11.4. The summed E-state index contributed by atoms with van der Waals surface area (Å²) >= 11 is 0. The van der Waals surface area contributed by atoms with Crippen molar-refractivity contribution in [1.82, 2.24) is 10.2 Å². The Balaban J connectivity index is 2.64. The molecule has 0 aromatic rings. The van der Waals surface area contributed by atoms with Crippen LogP contribution in [0.4, 0.5) is 0 Å². The Hall–Kier alpha value is -0.570. The summed E-state index contributed by atoms with van der Waals surface area (Å²) in [5.74, 6) is 0.168. The van der Waals surface area contributed by atoms with Crippen LogP contribution in [0, 0.1) is 0 Å². The van der Waals surface area contributed by atoms with Gasteiger partial charge in [0.05, 0.1) is 6.04 Å². The molecule has 0 radical (unpaired) electrons. The van der Waals surface area contributed by atoms with Gasteiger partial charge in [-0.1, -0.05) is 0 Å². The predicted molar refractivity (Wildman–Crippen MR) is 48.9 cm³/mol. The molecule has 0 spiro atoms. The number of rotatable bonds is 1. The van der Waals surface area contributed by atoms with E-state index in [2.05, 4.69) is 24.1 Å². The first kappa shape index (κ1) is 9.52. The van der Waals surface area contributed by atoms with Gasteiger partial charge in [-0.25, -0.2) is 0 Å². The van der Waals surface area contributed by atoms with E-state index in [1.165, 1.54) is 0 Å². The summed E-state index contributed by atoms with van der Waals surface area (Å²) in [7, 11) is 0. The van der Waals surface area contributed by atoms with E-state index < -0.39 is 0 Å². The second-order valence-corrected chi connectivity index (χ2v) is 3.65. The highest BCUT2D eigenvalue weighted by molar-refractivity contribution is 5.81. The van der Waals surface area contributed by atoms with Gasteiger partial charge in [0.2, 0.25) is 5.91 Å². The molecule has 3 heteroatoms. The molecular weight excluding hydrogens is 152 g/mol. The number of nitrogens with one attached hydrogen (secondary N) is 1. The highest BCUT2D eigenvalue weighted by Gasteiger charge is 2.24. The fourth-order valence-electron chi connectivity index (χ4n) is 1.67. The third-order valence-corrected chi connectivity index (χ3v) is 2.43. The number of amides is 1. The van der Waals surface area contributed by atoms with E-state index in [-0.39, 0.29) is 11.9 Å². The molecule has 1 rings (SSSR count). The third-order valence-electron chi connectivity index (χ3n) is 2.43. The maximum Gasteiger partial charge on any atom is 0.237 e. The van der Waals surface area contributed by atoms with Gasteiger partial charge < -0.3 is 5.32 Å². The molecule has 1 unspecified atom stereocenters. The second-order valence-electron chi connectivity index (χ2n) is 3.65. The van der Waals surface area contributed by atoms with Crippen molar-refractivity contribution in [2.24, 2.45) is 0 Å². The van der Waals surface area contributed by atoms with E-state index in [1.807, 2.05) is 6.92 Å². The minimum Gasteiger partial charge on any atom is -0.355 e. The lowest BCUT2D eigenvalue weighted by Crippen LogP contribution is -2.45. The summed E-state index contributed by atoms with van der Waals surface area (Å²) in [5.41, 5.74) is 0. The Morgan fingerprint density at radius 2 is 2.25 bits per heavy atom. The van der Waals surface area contributed by atoms with Crippen molar-refractivity contribution in [3.8, 4) is 0 Å². The standard InChI is InChI=1S/C9H18N2O/c1-7(2)11-6-4-5-10-9(12)8(11)3/h7-8H,4-6H2,1-3H3,(H,10,12). The predicted octanol–water partition coefficient (Wildman–Crippen LogP) is 0.605. The van der Waals surface area contributed by atoms with Crippen molar-refractivity contribution in [2.75, 3.05) is 13.1 Å². The van der Waals surface area contributed by atoms with E-state index in [4.69, 9.17) is 0 Å². The van der Waals surface area contributed by atoms with Gasteiger partial charge in [-0.3, -0.25) is 9.69 Å². The summed E-state index contributed by atoms with van der Waals surface area (Å²) in [6, 6.07) is 0.497. The highest BCUT2D eigenvalue weighted by atomic mass is 16.2. The number of hydrogen-bond acceptors (Lipinski definition) is 2. The summed E-state index contributed by atoms with van der Waals surface area (Å²) < 4.78 is 0. The van der Waals surface area contributed by atoms with Gasteiger partial charge in [-0.2, -0.15) is 0 Å². The molecule has 1 aliphatic rings. The first-order valence-corrected chi connectivity index (χ1v) is 4.66. The van der Waals surface area contributed by atoms with E-state index in [1.54, 1.807) is 0 Å². The molecule has 1 amide bonds. The Labute approximate surface area is 74.1 Å². The Morgan fingerprint density at radius 1 is 1.58 bits per heavy atom. The molecule has 1 saturated heterocycles. The second kappa shape index (κ2) is 3.90. The van der Waals surface area contributed by atoms with Crippen LogP contribution in [0.3, 0.4) is 0 Å². The van der Waals surface area contributed by atoms with Crippen molar-refractivity contribution in [3.63, 3.8) is 0 Å². The number of hydrogen-bond donors (Lipinski definition) is 1. The van der Waals surface area contributed by atoms with Crippen molar-refractivity contribution in [2.45, 2.75) is 39.3 Å². The van der Waals surface area contributed by atoms with Crippen LogP contribution in [-0.4, -0.2) is 36.0 Å². The van der Waals surface area contributed by atoms with Gasteiger partial charge in [-0.05, 0) is 27.2 Å². The van der Waals surface area contributed by atoms with Crippen molar-refractivity contribution >= 4 is 5.91 Å². The zero-order valence-electron chi connectivity index (χ0n) is 8.13. The number of nitrogens with zero attached hydrogens (tertiary/aromatic N) is 1. The lowest BCUT2D eigenvalue weighted by Gasteiger charge is -2.28. The lowest BCUT2D eigenvalue weighted by atomic mass is 10.2. The molecule has 0 saturated carbocycles. The van der Waals surface area contributed by atoms with Gasteiger partial charge in [0, 0.05) is 19.1 Å². The molecule has 1 heterocycles. The largest absolute Gasteiger partial charge is 0.355 e. The van der Waals surface area contributed by atoms with Crippen LogP contribution in [0.15, 0.2) is 0 Å². The van der Waals surface area contributed by atoms with Crippen LogP contribution >= 0.6 is 0 Å². The van der Waals surface area contributed by atoms with Gasteiger partial charge in [0.1, 0.15) is 0 Å². The smallest absolute Gasteiger partial charge is 0.237 e. The highest BCUT2D eigenvalue weighted by Crippen LogP contribution is 2.08. The molecule has 0 aromatic heterocycles. The average molecular weight is 170 g/mol. The van der Waals surface area contributed by atoms with E-state index in [9.17, 15) is 4.79 Å². The SMILES string of the molecule is CC(C)N1CCCNC(=O)C1C. The van der Waals surface area contributed by atoms with Crippen LogP contribution in [0.25, 0.3) is 0 Å². The molecule has 1 fully saturated rings. The topological polar surface area (TPSA) is 32.3 Å².